The summed E-state index contributed by atoms with van der Waals surface area (Å²) in [5.74, 6) is 0.986. The molecule has 0 bridgehead atoms. The monoisotopic (exact) mass is 362 g/mol. The molecule has 2 unspecified atom stereocenters. The van der Waals surface area contributed by atoms with Crippen LogP contribution in [0.1, 0.15) is 25.0 Å². The highest BCUT2D eigenvalue weighted by Crippen LogP contribution is 2.29. The van der Waals surface area contributed by atoms with E-state index in [2.05, 4.69) is 42.1 Å². The molecule has 0 aromatic carbocycles. The molecule has 0 amide bonds. The van der Waals surface area contributed by atoms with Gasteiger partial charge in [-0.15, -0.1) is 0 Å². The first-order valence-electron chi connectivity index (χ1n) is 6.15. The Morgan fingerprint density at radius 1 is 1.35 bits per heavy atom. The first-order chi connectivity index (χ1) is 8.24. The number of halogens is 2. The number of hydrogen-bond acceptors (Lipinski definition) is 3. The molecule has 3 rings (SSSR count). The zero-order valence-corrected chi connectivity index (χ0v) is 12.8. The second-order valence-electron chi connectivity index (χ2n) is 4.86. The zero-order valence-electron chi connectivity index (χ0n) is 9.59. The fourth-order valence-corrected chi connectivity index (χ4v) is 3.69. The van der Waals surface area contributed by atoms with Gasteiger partial charge in [0.2, 0.25) is 0 Å². The molecule has 3 nitrogen and oxygen atoms in total. The summed E-state index contributed by atoms with van der Waals surface area (Å²) in [5.41, 5.74) is 0. The van der Waals surface area contributed by atoms with E-state index in [1.165, 1.54) is 32.4 Å². The molecule has 0 radical (unpaired) electrons. The third kappa shape index (κ3) is 2.48. The van der Waals surface area contributed by atoms with Crippen LogP contribution < -0.4 is 5.32 Å². The molecule has 0 spiro atoms. The van der Waals surface area contributed by atoms with Crippen molar-refractivity contribution in [1.29, 1.82) is 0 Å². The smallest absolute Gasteiger partial charge is 0.183 e. The van der Waals surface area contributed by atoms with Crippen LogP contribution in [0.3, 0.4) is 0 Å². The van der Waals surface area contributed by atoms with E-state index in [0.29, 0.717) is 6.04 Å². The molecule has 0 aliphatic carbocycles. The van der Waals surface area contributed by atoms with E-state index in [1.54, 1.807) is 0 Å². The minimum absolute atomic E-state index is 0.639. The summed E-state index contributed by atoms with van der Waals surface area (Å²) < 4.78 is 7.35. The standard InChI is InChI=1S/C12H16Br2N2O/c13-9-6-8(17-12(9)14)7-15-10-3-5-16-4-1-2-11(10)16/h6,10-11,15H,1-5,7H2. The second-order valence-corrected chi connectivity index (χ2v) is 6.43. The van der Waals surface area contributed by atoms with Crippen molar-refractivity contribution in [2.24, 2.45) is 0 Å². The van der Waals surface area contributed by atoms with E-state index in [4.69, 9.17) is 4.42 Å². The van der Waals surface area contributed by atoms with Crippen LogP contribution in [0.25, 0.3) is 0 Å². The number of nitrogens with one attached hydrogen (secondary N) is 1. The Morgan fingerprint density at radius 2 is 2.24 bits per heavy atom. The minimum atomic E-state index is 0.639. The SMILES string of the molecule is Brc1cc(CNC2CCN3CCCC23)oc1Br. The normalized spacial score (nSPS) is 28.8. The van der Waals surface area contributed by atoms with E-state index >= 15 is 0 Å². The topological polar surface area (TPSA) is 28.4 Å². The largest absolute Gasteiger partial charge is 0.452 e. The summed E-state index contributed by atoms with van der Waals surface area (Å²) in [5, 5.41) is 3.63. The summed E-state index contributed by atoms with van der Waals surface area (Å²) in [6.07, 6.45) is 3.98. The van der Waals surface area contributed by atoms with Crippen molar-refractivity contribution >= 4 is 31.9 Å². The van der Waals surface area contributed by atoms with Gasteiger partial charge in [-0.25, -0.2) is 0 Å². The van der Waals surface area contributed by atoms with Crippen molar-refractivity contribution in [3.8, 4) is 0 Å². The lowest BCUT2D eigenvalue weighted by atomic mass is 10.1. The maximum atomic E-state index is 5.58. The summed E-state index contributed by atoms with van der Waals surface area (Å²) in [4.78, 5) is 2.62. The number of rotatable bonds is 3. The molecule has 2 saturated heterocycles. The van der Waals surface area contributed by atoms with E-state index in [0.717, 1.165) is 27.5 Å². The molecular formula is C12H16Br2N2O. The lowest BCUT2D eigenvalue weighted by molar-refractivity contribution is 0.295. The summed E-state index contributed by atoms with van der Waals surface area (Å²) in [6.45, 7) is 3.37. The molecule has 2 aliphatic heterocycles. The fourth-order valence-electron chi connectivity index (χ4n) is 3.03. The predicted molar refractivity (Wildman–Crippen MR) is 73.9 cm³/mol. The van der Waals surface area contributed by atoms with Crippen molar-refractivity contribution in [1.82, 2.24) is 10.2 Å². The third-order valence-electron chi connectivity index (χ3n) is 3.84. The summed E-state index contributed by atoms with van der Waals surface area (Å²) in [7, 11) is 0. The lowest BCUT2D eigenvalue weighted by Crippen LogP contribution is -2.38. The molecule has 1 N–H and O–H groups in total. The van der Waals surface area contributed by atoms with Crippen LogP contribution >= 0.6 is 31.9 Å². The molecule has 17 heavy (non-hydrogen) atoms. The molecule has 2 atom stereocenters. The Kier molecular flexibility index (Phi) is 3.62. The highest BCUT2D eigenvalue weighted by atomic mass is 79.9. The number of hydrogen-bond donors (Lipinski definition) is 1. The highest BCUT2D eigenvalue weighted by Gasteiger charge is 2.36. The minimum Gasteiger partial charge on any atom is -0.452 e. The Hall–Kier alpha value is 0.160. The molecule has 0 saturated carbocycles. The molecule has 5 heteroatoms. The Bertz CT molecular complexity index is 388. The molecule has 3 heterocycles. The average Bonchev–Trinajstić information content (AvgIpc) is 2.94. The van der Waals surface area contributed by atoms with Gasteiger partial charge in [-0.3, -0.25) is 4.90 Å². The Labute approximate surface area is 118 Å². The first-order valence-corrected chi connectivity index (χ1v) is 7.74. The van der Waals surface area contributed by atoms with E-state index < -0.39 is 0 Å². The average molecular weight is 364 g/mol. The van der Waals surface area contributed by atoms with Crippen LogP contribution in [0.4, 0.5) is 0 Å². The number of fused-ring (bicyclic) bond motifs is 1. The van der Waals surface area contributed by atoms with Gasteiger partial charge in [-0.05, 0) is 63.7 Å². The van der Waals surface area contributed by atoms with Crippen LogP contribution in [-0.4, -0.2) is 30.1 Å². The van der Waals surface area contributed by atoms with Crippen LogP contribution in [0.15, 0.2) is 19.6 Å². The van der Waals surface area contributed by atoms with Crippen LogP contribution in [0, 0.1) is 0 Å². The van der Waals surface area contributed by atoms with Gasteiger partial charge in [0.25, 0.3) is 0 Å². The van der Waals surface area contributed by atoms with Gasteiger partial charge in [-0.2, -0.15) is 0 Å². The van der Waals surface area contributed by atoms with Gasteiger partial charge < -0.3 is 9.73 Å². The van der Waals surface area contributed by atoms with Crippen molar-refractivity contribution in [2.75, 3.05) is 13.1 Å². The summed E-state index contributed by atoms with van der Waals surface area (Å²) >= 11 is 6.80. The van der Waals surface area contributed by atoms with Gasteiger partial charge in [0.1, 0.15) is 5.76 Å². The van der Waals surface area contributed by atoms with Crippen molar-refractivity contribution in [3.63, 3.8) is 0 Å². The predicted octanol–water partition coefficient (Wildman–Crippen LogP) is 3.13. The van der Waals surface area contributed by atoms with Crippen molar-refractivity contribution < 1.29 is 4.42 Å². The molecule has 1 aromatic heterocycles. The van der Waals surface area contributed by atoms with Gasteiger partial charge in [0.15, 0.2) is 4.67 Å². The van der Waals surface area contributed by atoms with E-state index in [1.807, 2.05) is 6.07 Å². The fraction of sp³-hybridized carbons (Fsp3) is 0.667. The first kappa shape index (κ1) is 12.2. The molecular weight excluding hydrogens is 348 g/mol. The quantitative estimate of drug-likeness (QED) is 0.894. The summed E-state index contributed by atoms with van der Waals surface area (Å²) in [6, 6.07) is 3.43. The highest BCUT2D eigenvalue weighted by molar-refractivity contribution is 9.13. The molecule has 94 valence electrons. The molecule has 2 fully saturated rings. The zero-order chi connectivity index (χ0) is 11.8. The van der Waals surface area contributed by atoms with Crippen molar-refractivity contribution in [2.45, 2.75) is 37.9 Å². The van der Waals surface area contributed by atoms with E-state index in [-0.39, 0.29) is 0 Å². The number of furan rings is 1. The Morgan fingerprint density at radius 3 is 3.00 bits per heavy atom. The van der Waals surface area contributed by atoms with Gasteiger partial charge >= 0.3 is 0 Å². The van der Waals surface area contributed by atoms with Crippen LogP contribution in [0.5, 0.6) is 0 Å². The van der Waals surface area contributed by atoms with E-state index in [9.17, 15) is 0 Å². The maximum Gasteiger partial charge on any atom is 0.183 e. The van der Waals surface area contributed by atoms with Gasteiger partial charge in [-0.1, -0.05) is 0 Å². The van der Waals surface area contributed by atoms with Crippen LogP contribution in [-0.2, 0) is 6.54 Å². The van der Waals surface area contributed by atoms with Gasteiger partial charge in [0.05, 0.1) is 11.0 Å². The number of nitrogens with zero attached hydrogens (tertiary/aromatic N) is 1. The van der Waals surface area contributed by atoms with Gasteiger partial charge in [0, 0.05) is 18.6 Å². The maximum absolute atomic E-state index is 5.58. The Balaban J connectivity index is 1.57. The lowest BCUT2D eigenvalue weighted by Gasteiger charge is -2.20. The molecule has 1 aromatic rings. The second kappa shape index (κ2) is 5.03. The third-order valence-corrected chi connectivity index (χ3v) is 5.55. The molecule has 2 aliphatic rings. The van der Waals surface area contributed by atoms with Crippen LogP contribution in [0.2, 0.25) is 0 Å². The van der Waals surface area contributed by atoms with Crippen molar-refractivity contribution in [3.05, 3.63) is 21.0 Å².